The summed E-state index contributed by atoms with van der Waals surface area (Å²) >= 11 is 0. The molecule has 0 spiro atoms. The van der Waals surface area contributed by atoms with Crippen molar-refractivity contribution >= 4 is 18.3 Å². The summed E-state index contributed by atoms with van der Waals surface area (Å²) in [5, 5.41) is 6.33. The molecule has 21 heavy (non-hydrogen) atoms. The third-order valence-electron chi connectivity index (χ3n) is 3.81. The molecule has 1 fully saturated rings. The van der Waals surface area contributed by atoms with E-state index < -0.39 is 0 Å². The van der Waals surface area contributed by atoms with E-state index in [0.717, 1.165) is 51.1 Å². The number of benzene rings is 1. The maximum absolute atomic E-state index is 11.9. The number of rotatable bonds is 6. The first-order chi connectivity index (χ1) is 9.79. The van der Waals surface area contributed by atoms with Gasteiger partial charge in [-0.3, -0.25) is 4.79 Å². The van der Waals surface area contributed by atoms with Gasteiger partial charge in [0, 0.05) is 12.5 Å². The molecule has 2 N–H and O–H groups in total. The highest BCUT2D eigenvalue weighted by Gasteiger charge is 2.19. The van der Waals surface area contributed by atoms with E-state index in [4.69, 9.17) is 4.74 Å². The number of carbonyl (C=O) groups is 1. The van der Waals surface area contributed by atoms with Gasteiger partial charge in [0.2, 0.25) is 5.91 Å². The van der Waals surface area contributed by atoms with Gasteiger partial charge in [0.15, 0.2) is 0 Å². The first-order valence-corrected chi connectivity index (χ1v) is 7.41. The van der Waals surface area contributed by atoms with Crippen LogP contribution in [0.15, 0.2) is 24.3 Å². The Morgan fingerprint density at radius 1 is 1.29 bits per heavy atom. The number of ether oxygens (including phenoxy) is 1. The Morgan fingerprint density at radius 3 is 2.57 bits per heavy atom. The molecule has 1 aromatic rings. The molecule has 0 aliphatic carbocycles. The van der Waals surface area contributed by atoms with Crippen molar-refractivity contribution < 1.29 is 9.53 Å². The van der Waals surface area contributed by atoms with Crippen LogP contribution in [0.3, 0.4) is 0 Å². The number of hydrogen-bond donors (Lipinski definition) is 2. The fourth-order valence-electron chi connectivity index (χ4n) is 2.52. The SMILES string of the molecule is COc1ccc(CCCNC(=O)C2CCNCC2)cc1.Cl. The number of hydrogen-bond acceptors (Lipinski definition) is 3. The Bertz CT molecular complexity index is 417. The lowest BCUT2D eigenvalue weighted by atomic mass is 9.97. The standard InChI is InChI=1S/C16H24N2O2.ClH/c1-20-15-6-4-13(5-7-15)3-2-10-18-16(19)14-8-11-17-12-9-14;/h4-7,14,17H,2-3,8-12H2,1H3,(H,18,19);1H. The minimum Gasteiger partial charge on any atom is -0.497 e. The van der Waals surface area contributed by atoms with E-state index in [0.29, 0.717) is 0 Å². The number of piperidine rings is 1. The van der Waals surface area contributed by atoms with Crippen molar-refractivity contribution in [2.45, 2.75) is 25.7 Å². The highest BCUT2D eigenvalue weighted by atomic mass is 35.5. The molecule has 0 radical (unpaired) electrons. The molecule has 1 amide bonds. The molecule has 4 nitrogen and oxygen atoms in total. The first-order valence-electron chi connectivity index (χ1n) is 7.41. The minimum atomic E-state index is 0. The average molecular weight is 313 g/mol. The zero-order chi connectivity index (χ0) is 14.2. The molecule has 1 aliphatic heterocycles. The van der Waals surface area contributed by atoms with Crippen molar-refractivity contribution in [3.63, 3.8) is 0 Å². The summed E-state index contributed by atoms with van der Waals surface area (Å²) in [7, 11) is 1.67. The average Bonchev–Trinajstić information content (AvgIpc) is 2.53. The lowest BCUT2D eigenvalue weighted by Crippen LogP contribution is -2.38. The minimum absolute atomic E-state index is 0. The highest BCUT2D eigenvalue weighted by Crippen LogP contribution is 2.13. The molecule has 0 saturated carbocycles. The molecule has 0 atom stereocenters. The number of nitrogens with one attached hydrogen (secondary N) is 2. The van der Waals surface area contributed by atoms with E-state index in [1.54, 1.807) is 7.11 Å². The van der Waals surface area contributed by atoms with Gasteiger partial charge >= 0.3 is 0 Å². The number of aryl methyl sites for hydroxylation is 1. The molecule has 1 aromatic carbocycles. The molecule has 1 saturated heterocycles. The van der Waals surface area contributed by atoms with E-state index in [2.05, 4.69) is 22.8 Å². The van der Waals surface area contributed by atoms with Crippen LogP contribution in [-0.2, 0) is 11.2 Å². The fraction of sp³-hybridized carbons (Fsp3) is 0.562. The molecular weight excluding hydrogens is 288 g/mol. The Labute approximate surface area is 133 Å². The smallest absolute Gasteiger partial charge is 0.223 e. The molecule has 0 aromatic heterocycles. The summed E-state index contributed by atoms with van der Waals surface area (Å²) < 4.78 is 5.13. The van der Waals surface area contributed by atoms with Crippen molar-refractivity contribution in [2.75, 3.05) is 26.7 Å². The Hall–Kier alpha value is -1.26. The fourth-order valence-corrected chi connectivity index (χ4v) is 2.52. The van der Waals surface area contributed by atoms with E-state index in [-0.39, 0.29) is 24.2 Å². The van der Waals surface area contributed by atoms with Crippen molar-refractivity contribution in [3.05, 3.63) is 29.8 Å². The quantitative estimate of drug-likeness (QED) is 0.792. The molecule has 1 aliphatic rings. The Balaban J connectivity index is 0.00000220. The summed E-state index contributed by atoms with van der Waals surface area (Å²) in [6.45, 7) is 2.68. The Morgan fingerprint density at radius 2 is 1.95 bits per heavy atom. The second-order valence-electron chi connectivity index (χ2n) is 5.27. The van der Waals surface area contributed by atoms with Crippen LogP contribution in [0.4, 0.5) is 0 Å². The van der Waals surface area contributed by atoms with Gasteiger partial charge < -0.3 is 15.4 Å². The second-order valence-corrected chi connectivity index (χ2v) is 5.27. The summed E-state index contributed by atoms with van der Waals surface area (Å²) in [4.78, 5) is 11.9. The molecular formula is C16H25ClN2O2. The molecule has 118 valence electrons. The van der Waals surface area contributed by atoms with Gasteiger partial charge in [-0.1, -0.05) is 12.1 Å². The van der Waals surface area contributed by atoms with Crippen molar-refractivity contribution in [3.8, 4) is 5.75 Å². The van der Waals surface area contributed by atoms with Crippen LogP contribution in [0, 0.1) is 5.92 Å². The molecule has 0 unspecified atom stereocenters. The molecule has 2 rings (SSSR count). The summed E-state index contributed by atoms with van der Waals surface area (Å²) in [5.41, 5.74) is 1.28. The summed E-state index contributed by atoms with van der Waals surface area (Å²) in [6, 6.07) is 8.10. The second kappa shape index (κ2) is 9.64. The van der Waals surface area contributed by atoms with Gasteiger partial charge in [0.1, 0.15) is 5.75 Å². The lowest BCUT2D eigenvalue weighted by Gasteiger charge is -2.21. The topological polar surface area (TPSA) is 50.4 Å². The number of methoxy groups -OCH3 is 1. The van der Waals surface area contributed by atoms with Crippen LogP contribution in [0.25, 0.3) is 0 Å². The van der Waals surface area contributed by atoms with Crippen LogP contribution < -0.4 is 15.4 Å². The highest BCUT2D eigenvalue weighted by molar-refractivity contribution is 5.85. The van der Waals surface area contributed by atoms with Gasteiger partial charge in [0.05, 0.1) is 7.11 Å². The predicted octanol–water partition coefficient (Wildman–Crippen LogP) is 2.17. The summed E-state index contributed by atoms with van der Waals surface area (Å²) in [5.74, 6) is 1.31. The molecule has 0 bridgehead atoms. The van der Waals surface area contributed by atoms with Crippen LogP contribution in [0.5, 0.6) is 5.75 Å². The van der Waals surface area contributed by atoms with Crippen LogP contribution in [0.2, 0.25) is 0 Å². The van der Waals surface area contributed by atoms with Crippen molar-refractivity contribution in [1.82, 2.24) is 10.6 Å². The van der Waals surface area contributed by atoms with Gasteiger partial charge in [-0.15, -0.1) is 12.4 Å². The first kappa shape index (κ1) is 17.8. The van der Waals surface area contributed by atoms with Crippen LogP contribution in [0.1, 0.15) is 24.8 Å². The maximum Gasteiger partial charge on any atom is 0.223 e. The third-order valence-corrected chi connectivity index (χ3v) is 3.81. The largest absolute Gasteiger partial charge is 0.497 e. The van der Waals surface area contributed by atoms with Crippen LogP contribution >= 0.6 is 12.4 Å². The van der Waals surface area contributed by atoms with Gasteiger partial charge in [-0.25, -0.2) is 0 Å². The lowest BCUT2D eigenvalue weighted by molar-refractivity contribution is -0.125. The third kappa shape index (κ3) is 5.94. The molecule has 5 heteroatoms. The van der Waals surface area contributed by atoms with E-state index in [9.17, 15) is 4.79 Å². The van der Waals surface area contributed by atoms with Crippen molar-refractivity contribution in [1.29, 1.82) is 0 Å². The normalized spacial score (nSPS) is 15.1. The predicted molar refractivity (Wildman–Crippen MR) is 87.2 cm³/mol. The zero-order valence-electron chi connectivity index (χ0n) is 12.6. The van der Waals surface area contributed by atoms with Crippen LogP contribution in [-0.4, -0.2) is 32.7 Å². The van der Waals surface area contributed by atoms with E-state index in [1.807, 2.05) is 12.1 Å². The maximum atomic E-state index is 11.9. The number of halogens is 1. The van der Waals surface area contributed by atoms with E-state index in [1.165, 1.54) is 5.56 Å². The monoisotopic (exact) mass is 312 g/mol. The van der Waals surface area contributed by atoms with Gasteiger partial charge in [-0.05, 0) is 56.5 Å². The van der Waals surface area contributed by atoms with E-state index >= 15 is 0 Å². The Kier molecular flexibility index (Phi) is 8.16. The zero-order valence-corrected chi connectivity index (χ0v) is 13.4. The number of amides is 1. The summed E-state index contributed by atoms with van der Waals surface area (Å²) in [6.07, 6.45) is 3.88. The van der Waals surface area contributed by atoms with Crippen molar-refractivity contribution in [2.24, 2.45) is 5.92 Å². The molecule has 1 heterocycles. The van der Waals surface area contributed by atoms with Gasteiger partial charge in [0.25, 0.3) is 0 Å². The number of carbonyl (C=O) groups excluding carboxylic acids is 1. The van der Waals surface area contributed by atoms with Gasteiger partial charge in [-0.2, -0.15) is 0 Å².